The van der Waals surface area contributed by atoms with Crippen molar-refractivity contribution in [3.05, 3.63) is 59.7 Å². The van der Waals surface area contributed by atoms with Gasteiger partial charge < -0.3 is 18.9 Å². The predicted molar refractivity (Wildman–Crippen MR) is 106 cm³/mol. The van der Waals surface area contributed by atoms with Crippen molar-refractivity contribution in [1.82, 2.24) is 9.80 Å². The van der Waals surface area contributed by atoms with Crippen LogP contribution >= 0.6 is 0 Å². The monoisotopic (exact) mass is 388 g/mol. The van der Waals surface area contributed by atoms with Crippen LogP contribution in [0.25, 0.3) is 0 Å². The zero-order valence-electron chi connectivity index (χ0n) is 16.9. The number of methoxy groups -OCH3 is 2. The van der Waals surface area contributed by atoms with Gasteiger partial charge in [0.25, 0.3) is 0 Å². The second-order valence-electron chi connectivity index (χ2n) is 6.50. The van der Waals surface area contributed by atoms with Crippen LogP contribution in [0.1, 0.15) is 11.1 Å². The Bertz CT molecular complexity index is 702. The van der Waals surface area contributed by atoms with Gasteiger partial charge in [-0.1, -0.05) is 24.3 Å². The molecule has 0 aliphatic rings. The Hall–Kier alpha value is -2.77. The molecule has 0 radical (unpaired) electrons. The fourth-order valence-electron chi connectivity index (χ4n) is 2.57. The van der Waals surface area contributed by atoms with Crippen molar-refractivity contribution in [2.45, 2.75) is 13.1 Å². The summed E-state index contributed by atoms with van der Waals surface area (Å²) < 4.78 is 21.1. The molecule has 2 rings (SSSR count). The number of amides is 1. The molecule has 0 atom stereocenters. The first-order valence-electron chi connectivity index (χ1n) is 8.92. The molecule has 152 valence electrons. The third-order valence-corrected chi connectivity index (χ3v) is 3.89. The maximum atomic E-state index is 12.7. The zero-order valence-corrected chi connectivity index (χ0v) is 16.9. The van der Waals surface area contributed by atoms with Gasteiger partial charge in [-0.25, -0.2) is 4.79 Å². The molecule has 0 unspecified atom stereocenters. The average molecular weight is 388 g/mol. The van der Waals surface area contributed by atoms with E-state index < -0.39 is 6.09 Å². The van der Waals surface area contributed by atoms with Gasteiger partial charge in [-0.3, -0.25) is 9.80 Å². The Morgan fingerprint density at radius 1 is 0.893 bits per heavy atom. The van der Waals surface area contributed by atoms with Crippen LogP contribution in [0.15, 0.2) is 48.5 Å². The van der Waals surface area contributed by atoms with E-state index in [1.807, 2.05) is 67.5 Å². The Morgan fingerprint density at radius 3 is 1.89 bits per heavy atom. The van der Waals surface area contributed by atoms with Crippen LogP contribution in [0.3, 0.4) is 0 Å². The van der Waals surface area contributed by atoms with E-state index in [1.54, 1.807) is 19.1 Å². The number of rotatable bonds is 10. The van der Waals surface area contributed by atoms with Gasteiger partial charge >= 0.3 is 6.09 Å². The second kappa shape index (κ2) is 11.2. The largest absolute Gasteiger partial charge is 0.497 e. The van der Waals surface area contributed by atoms with Crippen molar-refractivity contribution in [2.75, 3.05) is 41.8 Å². The maximum Gasteiger partial charge on any atom is 0.412 e. The van der Waals surface area contributed by atoms with Crippen LogP contribution < -0.4 is 9.47 Å². The van der Waals surface area contributed by atoms with Gasteiger partial charge in [0.05, 0.1) is 14.2 Å². The summed E-state index contributed by atoms with van der Waals surface area (Å²) in [5, 5.41) is 0. The summed E-state index contributed by atoms with van der Waals surface area (Å²) in [4.78, 5) is 16.1. The van der Waals surface area contributed by atoms with Gasteiger partial charge in [0.15, 0.2) is 6.79 Å². The first-order valence-corrected chi connectivity index (χ1v) is 8.92. The van der Waals surface area contributed by atoms with E-state index in [0.29, 0.717) is 19.8 Å². The standard InChI is InChI=1S/C21H28N2O5/c1-22(2)15-27-16-28-21(24)23(13-17-7-5-9-19(11-17)25-3)14-18-8-6-10-20(12-18)26-4/h5-12H,13-16H2,1-4H3. The van der Waals surface area contributed by atoms with E-state index in [0.717, 1.165) is 22.6 Å². The summed E-state index contributed by atoms with van der Waals surface area (Å²) in [7, 11) is 6.98. The molecule has 7 nitrogen and oxygen atoms in total. The summed E-state index contributed by atoms with van der Waals surface area (Å²) in [5.41, 5.74) is 1.88. The molecule has 2 aromatic rings. The van der Waals surface area contributed by atoms with Gasteiger partial charge in [0.2, 0.25) is 0 Å². The molecule has 0 saturated heterocycles. The number of carbonyl (C=O) groups excluding carboxylic acids is 1. The molecule has 0 spiro atoms. The molecule has 0 saturated carbocycles. The van der Waals surface area contributed by atoms with Crippen LogP contribution in [-0.4, -0.2) is 57.7 Å². The summed E-state index contributed by atoms with van der Waals surface area (Å²) in [6.45, 7) is 1.02. The third kappa shape index (κ3) is 7.09. The van der Waals surface area contributed by atoms with Gasteiger partial charge in [0, 0.05) is 13.1 Å². The summed E-state index contributed by atoms with van der Waals surface area (Å²) >= 11 is 0. The highest BCUT2D eigenvalue weighted by Crippen LogP contribution is 2.19. The molecular formula is C21H28N2O5. The maximum absolute atomic E-state index is 12.7. The molecule has 28 heavy (non-hydrogen) atoms. The van der Waals surface area contributed by atoms with Gasteiger partial charge in [0.1, 0.15) is 18.2 Å². The number of carbonyl (C=O) groups is 1. The van der Waals surface area contributed by atoms with E-state index >= 15 is 0 Å². The van der Waals surface area contributed by atoms with Gasteiger partial charge in [-0.15, -0.1) is 0 Å². The Balaban J connectivity index is 2.10. The van der Waals surface area contributed by atoms with E-state index in [4.69, 9.17) is 18.9 Å². The number of hydrogen-bond donors (Lipinski definition) is 0. The number of nitrogens with zero attached hydrogens (tertiary/aromatic N) is 2. The van der Waals surface area contributed by atoms with E-state index in [1.165, 1.54) is 0 Å². The minimum Gasteiger partial charge on any atom is -0.497 e. The summed E-state index contributed by atoms with van der Waals surface area (Å²) in [5.74, 6) is 1.48. The molecular weight excluding hydrogens is 360 g/mol. The van der Waals surface area contributed by atoms with Gasteiger partial charge in [-0.2, -0.15) is 0 Å². The zero-order chi connectivity index (χ0) is 20.4. The Kier molecular flexibility index (Phi) is 8.58. The average Bonchev–Trinajstić information content (AvgIpc) is 2.70. The normalized spacial score (nSPS) is 10.6. The van der Waals surface area contributed by atoms with Crippen molar-refractivity contribution in [3.8, 4) is 11.5 Å². The Morgan fingerprint density at radius 2 is 1.43 bits per heavy atom. The van der Waals surface area contributed by atoms with Crippen LogP contribution in [0.2, 0.25) is 0 Å². The van der Waals surface area contributed by atoms with Crippen LogP contribution in [-0.2, 0) is 22.6 Å². The predicted octanol–water partition coefficient (Wildman–Crippen LogP) is 3.34. The second-order valence-corrected chi connectivity index (χ2v) is 6.50. The van der Waals surface area contributed by atoms with Crippen molar-refractivity contribution in [1.29, 1.82) is 0 Å². The topological polar surface area (TPSA) is 60.5 Å². The highest BCUT2D eigenvalue weighted by Gasteiger charge is 2.17. The lowest BCUT2D eigenvalue weighted by Crippen LogP contribution is -2.31. The summed E-state index contributed by atoms with van der Waals surface area (Å²) in [6.07, 6.45) is -0.454. The smallest absolute Gasteiger partial charge is 0.412 e. The number of ether oxygens (including phenoxy) is 4. The van der Waals surface area contributed by atoms with Crippen molar-refractivity contribution in [3.63, 3.8) is 0 Å². The summed E-state index contributed by atoms with van der Waals surface area (Å²) in [6, 6.07) is 15.2. The van der Waals surface area contributed by atoms with E-state index in [9.17, 15) is 4.79 Å². The first kappa shape index (κ1) is 21.5. The minimum absolute atomic E-state index is 0.107. The fraction of sp³-hybridized carbons (Fsp3) is 0.381. The first-order chi connectivity index (χ1) is 13.5. The molecule has 0 fully saturated rings. The van der Waals surface area contributed by atoms with Gasteiger partial charge in [-0.05, 0) is 49.5 Å². The third-order valence-electron chi connectivity index (χ3n) is 3.89. The molecule has 0 aromatic heterocycles. The van der Waals surface area contributed by atoms with Crippen molar-refractivity contribution >= 4 is 6.09 Å². The van der Waals surface area contributed by atoms with Crippen LogP contribution in [0.5, 0.6) is 11.5 Å². The molecule has 2 aromatic carbocycles. The lowest BCUT2D eigenvalue weighted by molar-refractivity contribution is -0.0582. The van der Waals surface area contributed by atoms with Crippen LogP contribution in [0.4, 0.5) is 4.79 Å². The molecule has 0 heterocycles. The molecule has 7 heteroatoms. The lowest BCUT2D eigenvalue weighted by Gasteiger charge is -2.23. The van der Waals surface area contributed by atoms with Crippen molar-refractivity contribution < 1.29 is 23.7 Å². The SMILES string of the molecule is COc1cccc(CN(Cc2cccc(OC)c2)C(=O)OCOCN(C)C)c1. The lowest BCUT2D eigenvalue weighted by atomic mass is 10.1. The minimum atomic E-state index is -0.454. The van der Waals surface area contributed by atoms with Crippen molar-refractivity contribution in [2.24, 2.45) is 0 Å². The molecule has 0 bridgehead atoms. The quantitative estimate of drug-likeness (QED) is 0.460. The fourth-order valence-corrected chi connectivity index (χ4v) is 2.57. The highest BCUT2D eigenvalue weighted by molar-refractivity contribution is 5.67. The molecule has 0 aliphatic carbocycles. The molecule has 0 aliphatic heterocycles. The van der Waals surface area contributed by atoms with E-state index in [2.05, 4.69) is 0 Å². The molecule has 0 N–H and O–H groups in total. The number of benzene rings is 2. The highest BCUT2D eigenvalue weighted by atomic mass is 16.7. The van der Waals surface area contributed by atoms with E-state index in [-0.39, 0.29) is 6.79 Å². The number of hydrogen-bond acceptors (Lipinski definition) is 6. The molecule has 1 amide bonds. The van der Waals surface area contributed by atoms with Crippen LogP contribution in [0, 0.1) is 0 Å². The Labute approximate surface area is 166 Å².